The lowest BCUT2D eigenvalue weighted by molar-refractivity contribution is 0.122. The van der Waals surface area contributed by atoms with Gasteiger partial charge >= 0.3 is 6.03 Å². The third-order valence-electron chi connectivity index (χ3n) is 5.15. The number of hydrogen-bond acceptors (Lipinski definition) is 5. The number of rotatable bonds is 4. The smallest absolute Gasteiger partial charge is 0.323 e. The topological polar surface area (TPSA) is 79.4 Å². The third-order valence-corrected chi connectivity index (χ3v) is 5.15. The molecule has 2 aromatic carbocycles. The number of carbonyl (C=O) groups is 1. The highest BCUT2D eigenvalue weighted by Crippen LogP contribution is 2.29. The highest BCUT2D eigenvalue weighted by Gasteiger charge is 2.18. The van der Waals surface area contributed by atoms with Crippen LogP contribution in [0.2, 0.25) is 0 Å². The summed E-state index contributed by atoms with van der Waals surface area (Å²) in [5, 5.41) is 5.78. The molecule has 7 heteroatoms. The van der Waals surface area contributed by atoms with E-state index in [1.165, 1.54) is 5.56 Å². The Hall–Kier alpha value is -3.45. The first kappa shape index (κ1) is 19.8. The highest BCUT2D eigenvalue weighted by molar-refractivity contribution is 6.00. The Kier molecular flexibility index (Phi) is 5.90. The Balaban J connectivity index is 1.52. The fraction of sp³-hybridized carbons (Fsp3) is 0.261. The van der Waals surface area contributed by atoms with Gasteiger partial charge in [-0.05, 0) is 49.2 Å². The van der Waals surface area contributed by atoms with Crippen molar-refractivity contribution in [3.63, 3.8) is 0 Å². The predicted octanol–water partition coefficient (Wildman–Crippen LogP) is 4.24. The normalized spacial score (nSPS) is 13.7. The van der Waals surface area contributed by atoms with Gasteiger partial charge in [0.2, 0.25) is 0 Å². The maximum Gasteiger partial charge on any atom is 0.323 e. The van der Waals surface area contributed by atoms with Crippen molar-refractivity contribution in [1.82, 2.24) is 9.97 Å². The molecule has 0 aliphatic carbocycles. The van der Waals surface area contributed by atoms with Gasteiger partial charge in [0, 0.05) is 42.4 Å². The highest BCUT2D eigenvalue weighted by atomic mass is 16.5. The minimum absolute atomic E-state index is 0.289. The number of aromatic nitrogens is 2. The summed E-state index contributed by atoms with van der Waals surface area (Å²) in [5.41, 5.74) is 5.45. The van der Waals surface area contributed by atoms with Crippen molar-refractivity contribution in [1.29, 1.82) is 0 Å². The molecule has 0 spiro atoms. The van der Waals surface area contributed by atoms with Crippen LogP contribution in [0.1, 0.15) is 11.1 Å². The lowest BCUT2D eigenvalue weighted by atomic mass is 10.1. The summed E-state index contributed by atoms with van der Waals surface area (Å²) in [6.45, 7) is 6.98. The standard InChI is InChI=1S/C23H25N5O2/c1-16-6-7-20(14-17(16)2)27-23(29)26-19-5-3-4-18(15-19)21-22(25-9-8-24-21)28-10-12-30-13-11-28/h3-9,14-15H,10-13H2,1-2H3,(H2,26,27,29). The van der Waals surface area contributed by atoms with Crippen LogP contribution in [0.25, 0.3) is 11.3 Å². The molecule has 0 bridgehead atoms. The molecule has 30 heavy (non-hydrogen) atoms. The fourth-order valence-electron chi connectivity index (χ4n) is 3.40. The number of urea groups is 1. The molecule has 1 fully saturated rings. The monoisotopic (exact) mass is 403 g/mol. The number of nitrogens with one attached hydrogen (secondary N) is 2. The number of amides is 2. The summed E-state index contributed by atoms with van der Waals surface area (Å²) in [5.74, 6) is 0.831. The lowest BCUT2D eigenvalue weighted by Gasteiger charge is -2.28. The van der Waals surface area contributed by atoms with Gasteiger partial charge in [-0.15, -0.1) is 0 Å². The number of aryl methyl sites for hydroxylation is 2. The molecule has 7 nitrogen and oxygen atoms in total. The minimum atomic E-state index is -0.289. The van der Waals surface area contributed by atoms with Gasteiger partial charge in [-0.25, -0.2) is 9.78 Å². The maximum atomic E-state index is 12.5. The molecule has 1 saturated heterocycles. The Morgan fingerprint density at radius 3 is 2.43 bits per heavy atom. The van der Waals surface area contributed by atoms with E-state index in [4.69, 9.17) is 4.74 Å². The van der Waals surface area contributed by atoms with Crippen molar-refractivity contribution in [3.8, 4) is 11.3 Å². The molecule has 0 saturated carbocycles. The van der Waals surface area contributed by atoms with E-state index in [1.54, 1.807) is 12.4 Å². The third kappa shape index (κ3) is 4.58. The van der Waals surface area contributed by atoms with Gasteiger partial charge in [0.25, 0.3) is 0 Å². The number of carbonyl (C=O) groups excluding carboxylic acids is 1. The van der Waals surface area contributed by atoms with Crippen LogP contribution in [-0.4, -0.2) is 42.3 Å². The minimum Gasteiger partial charge on any atom is -0.378 e. The van der Waals surface area contributed by atoms with E-state index < -0.39 is 0 Å². The van der Waals surface area contributed by atoms with Crippen LogP contribution >= 0.6 is 0 Å². The molecule has 0 unspecified atom stereocenters. The fourth-order valence-corrected chi connectivity index (χ4v) is 3.40. The lowest BCUT2D eigenvalue weighted by Crippen LogP contribution is -2.37. The first-order valence-corrected chi connectivity index (χ1v) is 9.99. The van der Waals surface area contributed by atoms with Gasteiger partial charge in [-0.2, -0.15) is 0 Å². The van der Waals surface area contributed by atoms with Crippen molar-refractivity contribution >= 4 is 23.2 Å². The predicted molar refractivity (Wildman–Crippen MR) is 119 cm³/mol. The van der Waals surface area contributed by atoms with E-state index in [9.17, 15) is 4.79 Å². The van der Waals surface area contributed by atoms with Gasteiger partial charge < -0.3 is 20.3 Å². The molecule has 3 aromatic rings. The van der Waals surface area contributed by atoms with E-state index in [0.717, 1.165) is 41.4 Å². The molecule has 1 aliphatic heterocycles. The van der Waals surface area contributed by atoms with Gasteiger partial charge in [0.05, 0.1) is 13.2 Å². The van der Waals surface area contributed by atoms with Gasteiger partial charge in [-0.1, -0.05) is 18.2 Å². The quantitative estimate of drug-likeness (QED) is 0.681. The average molecular weight is 403 g/mol. The van der Waals surface area contributed by atoms with Gasteiger partial charge in [0.15, 0.2) is 5.82 Å². The van der Waals surface area contributed by atoms with E-state index in [2.05, 4.69) is 25.5 Å². The second-order valence-corrected chi connectivity index (χ2v) is 7.29. The van der Waals surface area contributed by atoms with Crippen molar-refractivity contribution in [2.45, 2.75) is 13.8 Å². The van der Waals surface area contributed by atoms with E-state index in [-0.39, 0.29) is 6.03 Å². The van der Waals surface area contributed by atoms with Gasteiger partial charge in [-0.3, -0.25) is 4.98 Å². The summed E-state index contributed by atoms with van der Waals surface area (Å²) in [7, 11) is 0. The number of hydrogen-bond donors (Lipinski definition) is 2. The zero-order valence-corrected chi connectivity index (χ0v) is 17.2. The van der Waals surface area contributed by atoms with Crippen LogP contribution in [0.3, 0.4) is 0 Å². The van der Waals surface area contributed by atoms with Crippen molar-refractivity contribution in [2.24, 2.45) is 0 Å². The van der Waals surface area contributed by atoms with Crippen molar-refractivity contribution in [2.75, 3.05) is 41.8 Å². The summed E-state index contributed by atoms with van der Waals surface area (Å²) in [6, 6.07) is 13.2. The Morgan fingerprint density at radius 2 is 1.67 bits per heavy atom. The summed E-state index contributed by atoms with van der Waals surface area (Å²) >= 11 is 0. The van der Waals surface area contributed by atoms with Crippen LogP contribution in [0, 0.1) is 13.8 Å². The molecule has 1 aliphatic rings. The van der Waals surface area contributed by atoms with Crippen molar-refractivity contribution < 1.29 is 9.53 Å². The molecular formula is C23H25N5O2. The van der Waals surface area contributed by atoms with Crippen LogP contribution < -0.4 is 15.5 Å². The molecule has 2 N–H and O–H groups in total. The van der Waals surface area contributed by atoms with Crippen LogP contribution in [0.15, 0.2) is 54.9 Å². The Morgan fingerprint density at radius 1 is 0.933 bits per heavy atom. The van der Waals surface area contributed by atoms with Crippen molar-refractivity contribution in [3.05, 3.63) is 66.0 Å². The molecule has 4 rings (SSSR count). The zero-order valence-electron chi connectivity index (χ0n) is 17.2. The second-order valence-electron chi connectivity index (χ2n) is 7.29. The van der Waals surface area contributed by atoms with E-state index in [0.29, 0.717) is 18.9 Å². The summed E-state index contributed by atoms with van der Waals surface area (Å²) < 4.78 is 5.45. The Labute approximate surface area is 176 Å². The van der Waals surface area contributed by atoms with E-state index >= 15 is 0 Å². The van der Waals surface area contributed by atoms with Gasteiger partial charge in [0.1, 0.15) is 5.69 Å². The average Bonchev–Trinajstić information content (AvgIpc) is 2.77. The molecule has 0 atom stereocenters. The SMILES string of the molecule is Cc1ccc(NC(=O)Nc2cccc(-c3nccnc3N3CCOCC3)c2)cc1C. The number of nitrogens with zero attached hydrogens (tertiary/aromatic N) is 3. The zero-order chi connectivity index (χ0) is 20.9. The molecule has 0 radical (unpaired) electrons. The first-order chi connectivity index (χ1) is 14.6. The van der Waals surface area contributed by atoms with Crippen LogP contribution in [-0.2, 0) is 4.74 Å². The number of ether oxygens (including phenoxy) is 1. The molecule has 154 valence electrons. The summed E-state index contributed by atoms with van der Waals surface area (Å²) in [4.78, 5) is 23.8. The molecule has 1 aromatic heterocycles. The molecule has 2 amide bonds. The molecular weight excluding hydrogens is 378 g/mol. The summed E-state index contributed by atoms with van der Waals surface area (Å²) in [6.07, 6.45) is 3.39. The van der Waals surface area contributed by atoms with Crippen LogP contribution in [0.5, 0.6) is 0 Å². The Bertz CT molecular complexity index is 1050. The number of benzene rings is 2. The first-order valence-electron chi connectivity index (χ1n) is 9.99. The number of anilines is 3. The maximum absolute atomic E-state index is 12.5. The number of morpholine rings is 1. The molecule has 2 heterocycles. The second kappa shape index (κ2) is 8.92. The van der Waals surface area contributed by atoms with Crippen LogP contribution in [0.4, 0.5) is 22.0 Å². The largest absolute Gasteiger partial charge is 0.378 e. The van der Waals surface area contributed by atoms with E-state index in [1.807, 2.05) is 56.3 Å².